The number of aromatic nitrogens is 2. The Kier molecular flexibility index (Phi) is 6.34. The summed E-state index contributed by atoms with van der Waals surface area (Å²) in [4.78, 5) is 6.48. The molecule has 1 fully saturated rings. The van der Waals surface area contributed by atoms with Gasteiger partial charge >= 0.3 is 0 Å². The van der Waals surface area contributed by atoms with Gasteiger partial charge in [-0.2, -0.15) is 4.98 Å². The van der Waals surface area contributed by atoms with Crippen molar-refractivity contribution in [1.82, 2.24) is 15.0 Å². The Labute approximate surface area is 118 Å². The van der Waals surface area contributed by atoms with Crippen molar-refractivity contribution < 1.29 is 18.7 Å². The molecular weight excluding hydrogens is 264 g/mol. The average Bonchev–Trinajstić information content (AvgIpc) is 2.94. The highest BCUT2D eigenvalue weighted by atomic mass is 16.5. The van der Waals surface area contributed by atoms with Gasteiger partial charge in [-0.1, -0.05) is 5.16 Å². The first-order valence-electron chi connectivity index (χ1n) is 6.74. The van der Waals surface area contributed by atoms with E-state index in [0.29, 0.717) is 31.5 Å². The monoisotopic (exact) mass is 286 g/mol. The van der Waals surface area contributed by atoms with Crippen LogP contribution in [-0.2, 0) is 20.8 Å². The summed E-state index contributed by atoms with van der Waals surface area (Å²) in [5.74, 6) is 0.954. The minimum atomic E-state index is -0.260. The van der Waals surface area contributed by atoms with Crippen LogP contribution in [0.15, 0.2) is 4.52 Å². The van der Waals surface area contributed by atoms with Crippen LogP contribution < -0.4 is 5.73 Å². The molecule has 0 radical (unpaired) electrons. The number of methoxy groups -OCH3 is 1. The van der Waals surface area contributed by atoms with Crippen LogP contribution in [0.1, 0.15) is 17.8 Å². The maximum atomic E-state index is 6.09. The van der Waals surface area contributed by atoms with E-state index in [4.69, 9.17) is 24.5 Å². The van der Waals surface area contributed by atoms with E-state index in [-0.39, 0.29) is 12.6 Å². The summed E-state index contributed by atoms with van der Waals surface area (Å²) < 4.78 is 20.6. The van der Waals surface area contributed by atoms with Crippen molar-refractivity contribution in [2.24, 2.45) is 5.73 Å². The highest BCUT2D eigenvalue weighted by Gasteiger charge is 2.19. The molecule has 0 aliphatic carbocycles. The van der Waals surface area contributed by atoms with E-state index in [2.05, 4.69) is 15.0 Å². The number of ether oxygens (including phenoxy) is 3. The lowest BCUT2D eigenvalue weighted by atomic mass is 10.2. The molecule has 0 bridgehead atoms. The van der Waals surface area contributed by atoms with Gasteiger partial charge in [-0.15, -0.1) is 0 Å². The molecule has 1 unspecified atom stereocenters. The van der Waals surface area contributed by atoms with Crippen LogP contribution in [0.2, 0.25) is 0 Å². The topological polar surface area (TPSA) is 95.9 Å². The van der Waals surface area contributed by atoms with Gasteiger partial charge in [-0.05, 0) is 0 Å². The third-order valence-electron chi connectivity index (χ3n) is 3.03. The molecule has 0 amide bonds. The molecule has 1 aromatic heterocycles. The molecule has 20 heavy (non-hydrogen) atoms. The van der Waals surface area contributed by atoms with Crippen LogP contribution in [0.5, 0.6) is 0 Å². The summed E-state index contributed by atoms with van der Waals surface area (Å²) >= 11 is 0. The molecule has 114 valence electrons. The molecule has 1 aliphatic rings. The van der Waals surface area contributed by atoms with Gasteiger partial charge in [0.05, 0.1) is 32.5 Å². The van der Waals surface area contributed by atoms with E-state index in [1.54, 1.807) is 7.11 Å². The van der Waals surface area contributed by atoms with E-state index in [9.17, 15) is 0 Å². The molecule has 2 heterocycles. The van der Waals surface area contributed by atoms with Gasteiger partial charge in [-0.3, -0.25) is 4.90 Å². The van der Waals surface area contributed by atoms with Gasteiger partial charge in [0.1, 0.15) is 6.61 Å². The summed E-state index contributed by atoms with van der Waals surface area (Å²) in [6, 6.07) is -0.260. The average molecular weight is 286 g/mol. The lowest BCUT2D eigenvalue weighted by molar-refractivity contribution is 0.0348. The van der Waals surface area contributed by atoms with Gasteiger partial charge in [0, 0.05) is 26.7 Å². The first-order valence-corrected chi connectivity index (χ1v) is 6.74. The highest BCUT2D eigenvalue weighted by molar-refractivity contribution is 4.93. The number of morpholine rings is 1. The normalized spacial score (nSPS) is 18.3. The Balaban J connectivity index is 1.75. The Morgan fingerprint density at radius 2 is 2.15 bits per heavy atom. The molecule has 1 aromatic rings. The Morgan fingerprint density at radius 3 is 2.90 bits per heavy atom. The largest absolute Gasteiger partial charge is 0.382 e. The first-order chi connectivity index (χ1) is 9.79. The highest BCUT2D eigenvalue weighted by Crippen LogP contribution is 2.10. The van der Waals surface area contributed by atoms with Crippen molar-refractivity contribution in [1.29, 1.82) is 0 Å². The number of nitrogens with zero attached hydrogens (tertiary/aromatic N) is 3. The maximum absolute atomic E-state index is 6.09. The fourth-order valence-electron chi connectivity index (χ4n) is 1.92. The van der Waals surface area contributed by atoms with Gasteiger partial charge in [0.25, 0.3) is 5.89 Å². The molecule has 1 saturated heterocycles. The summed E-state index contributed by atoms with van der Waals surface area (Å²) in [6.45, 7) is 5.28. The minimum absolute atomic E-state index is 0.260. The second kappa shape index (κ2) is 8.28. The Bertz CT molecular complexity index is 381. The zero-order chi connectivity index (χ0) is 14.2. The van der Waals surface area contributed by atoms with Crippen LogP contribution in [0, 0.1) is 0 Å². The lowest BCUT2D eigenvalue weighted by Crippen LogP contribution is -2.40. The standard InChI is InChI=1S/C12H22N4O4/c1-17-6-7-19-9-11-14-12(15-20-11)10(13)8-16-2-4-18-5-3-16/h10H,2-9,13H2,1H3. The number of hydrogen-bond donors (Lipinski definition) is 1. The summed E-state index contributed by atoms with van der Waals surface area (Å²) in [5, 5.41) is 3.90. The maximum Gasteiger partial charge on any atom is 0.252 e. The van der Waals surface area contributed by atoms with Crippen LogP contribution in [0.3, 0.4) is 0 Å². The second-order valence-electron chi connectivity index (χ2n) is 4.61. The number of hydrogen-bond acceptors (Lipinski definition) is 8. The smallest absolute Gasteiger partial charge is 0.252 e. The first kappa shape index (κ1) is 15.3. The number of rotatable bonds is 8. The third-order valence-corrected chi connectivity index (χ3v) is 3.03. The summed E-state index contributed by atoms with van der Waals surface area (Å²) in [5.41, 5.74) is 6.09. The van der Waals surface area contributed by atoms with Crippen LogP contribution >= 0.6 is 0 Å². The van der Waals surface area contributed by atoms with Crippen molar-refractivity contribution in [2.75, 3.05) is 53.2 Å². The molecule has 2 rings (SSSR count). The lowest BCUT2D eigenvalue weighted by Gasteiger charge is -2.27. The van der Waals surface area contributed by atoms with Crippen molar-refractivity contribution in [3.05, 3.63) is 11.7 Å². The second-order valence-corrected chi connectivity index (χ2v) is 4.61. The fourth-order valence-corrected chi connectivity index (χ4v) is 1.92. The van der Waals surface area contributed by atoms with Gasteiger partial charge in [-0.25, -0.2) is 0 Å². The van der Waals surface area contributed by atoms with Crippen molar-refractivity contribution in [3.63, 3.8) is 0 Å². The number of nitrogens with two attached hydrogens (primary N) is 1. The molecule has 1 atom stereocenters. The molecule has 2 N–H and O–H groups in total. The summed E-state index contributed by atoms with van der Waals surface area (Å²) in [7, 11) is 1.62. The van der Waals surface area contributed by atoms with Crippen molar-refractivity contribution in [2.45, 2.75) is 12.6 Å². The van der Waals surface area contributed by atoms with E-state index < -0.39 is 0 Å². The van der Waals surface area contributed by atoms with Gasteiger partial charge in [0.2, 0.25) is 0 Å². The molecule has 0 aromatic carbocycles. The van der Waals surface area contributed by atoms with Gasteiger partial charge < -0.3 is 24.5 Å². The van der Waals surface area contributed by atoms with Crippen molar-refractivity contribution >= 4 is 0 Å². The molecule has 0 spiro atoms. The van der Waals surface area contributed by atoms with E-state index in [1.165, 1.54) is 0 Å². The van der Waals surface area contributed by atoms with Crippen LogP contribution in [-0.4, -0.2) is 68.2 Å². The van der Waals surface area contributed by atoms with E-state index in [1.807, 2.05) is 0 Å². The van der Waals surface area contributed by atoms with E-state index >= 15 is 0 Å². The zero-order valence-corrected chi connectivity index (χ0v) is 11.8. The van der Waals surface area contributed by atoms with Gasteiger partial charge in [0.15, 0.2) is 5.82 Å². The van der Waals surface area contributed by atoms with Crippen molar-refractivity contribution in [3.8, 4) is 0 Å². The quantitative estimate of drug-likeness (QED) is 0.643. The Morgan fingerprint density at radius 1 is 1.35 bits per heavy atom. The van der Waals surface area contributed by atoms with E-state index in [0.717, 1.165) is 26.3 Å². The molecule has 0 saturated carbocycles. The predicted octanol–water partition coefficient (Wildman–Crippen LogP) is -0.435. The minimum Gasteiger partial charge on any atom is -0.382 e. The summed E-state index contributed by atoms with van der Waals surface area (Å²) in [6.07, 6.45) is 0. The molecule has 1 aliphatic heterocycles. The molecular formula is C12H22N4O4. The SMILES string of the molecule is COCCOCc1nc(C(N)CN2CCOCC2)no1. The molecule has 8 nitrogen and oxygen atoms in total. The van der Waals surface area contributed by atoms with Crippen LogP contribution in [0.25, 0.3) is 0 Å². The zero-order valence-electron chi connectivity index (χ0n) is 11.8. The van der Waals surface area contributed by atoms with Crippen LogP contribution in [0.4, 0.5) is 0 Å². The molecule has 8 heteroatoms. The Hall–Kier alpha value is -1.06. The third kappa shape index (κ3) is 4.80. The fraction of sp³-hybridized carbons (Fsp3) is 0.833. The predicted molar refractivity (Wildman–Crippen MR) is 70.0 cm³/mol.